The molecule has 11 heteroatoms. The van der Waals surface area contributed by atoms with Gasteiger partial charge in [-0.3, -0.25) is 9.36 Å². The standard InChI is InChI=1S/C26H17Cl2FN2O5S/c27-17-9-5-15(6-10-17)23-24(16-7-11-18(28)12-8-16)31(37(35,36)21-4-2-1-3-20(21)29)22-14-13-19(26(33)34)25(32)30(22)23/h1-14,23-24H,(H,33,34). The number of pyridine rings is 1. The molecule has 0 fully saturated rings. The molecule has 0 spiro atoms. The zero-order valence-electron chi connectivity index (χ0n) is 18.8. The van der Waals surface area contributed by atoms with Gasteiger partial charge in [0.25, 0.3) is 15.6 Å². The van der Waals surface area contributed by atoms with Crippen molar-refractivity contribution in [1.82, 2.24) is 4.57 Å². The zero-order chi connectivity index (χ0) is 26.5. The lowest BCUT2D eigenvalue weighted by atomic mass is 9.94. The van der Waals surface area contributed by atoms with E-state index >= 15 is 0 Å². The highest BCUT2D eigenvalue weighted by Gasteiger charge is 2.48. The monoisotopic (exact) mass is 558 g/mol. The van der Waals surface area contributed by atoms with Crippen LogP contribution in [-0.4, -0.2) is 24.1 Å². The first kappa shape index (κ1) is 25.0. The molecule has 188 valence electrons. The number of hydrogen-bond acceptors (Lipinski definition) is 4. The summed E-state index contributed by atoms with van der Waals surface area (Å²) in [4.78, 5) is 24.7. The van der Waals surface area contributed by atoms with Crippen molar-refractivity contribution in [2.45, 2.75) is 17.0 Å². The highest BCUT2D eigenvalue weighted by Crippen LogP contribution is 2.49. The molecule has 2 unspecified atom stereocenters. The second-order valence-electron chi connectivity index (χ2n) is 8.31. The number of carboxylic acids is 1. The van der Waals surface area contributed by atoms with Gasteiger partial charge >= 0.3 is 5.97 Å². The van der Waals surface area contributed by atoms with E-state index in [1.165, 1.54) is 18.2 Å². The van der Waals surface area contributed by atoms with Gasteiger partial charge in [-0.1, -0.05) is 59.6 Å². The first-order valence-corrected chi connectivity index (χ1v) is 13.1. The van der Waals surface area contributed by atoms with Crippen LogP contribution in [0.3, 0.4) is 0 Å². The smallest absolute Gasteiger partial charge is 0.341 e. The molecular weight excluding hydrogens is 542 g/mol. The second-order valence-corrected chi connectivity index (χ2v) is 11.0. The van der Waals surface area contributed by atoms with Gasteiger partial charge in [-0.2, -0.15) is 0 Å². The van der Waals surface area contributed by atoms with Crippen LogP contribution in [0, 0.1) is 5.82 Å². The molecule has 2 atom stereocenters. The maximum atomic E-state index is 14.8. The second kappa shape index (κ2) is 9.33. The third-order valence-corrected chi connectivity index (χ3v) is 8.50. The Balaban J connectivity index is 1.88. The van der Waals surface area contributed by atoms with Crippen LogP contribution >= 0.6 is 23.2 Å². The van der Waals surface area contributed by atoms with Crippen LogP contribution < -0.4 is 9.86 Å². The topological polar surface area (TPSA) is 96.7 Å². The lowest BCUT2D eigenvalue weighted by molar-refractivity contribution is 0.0694. The van der Waals surface area contributed by atoms with E-state index in [0.717, 1.165) is 27.1 Å². The predicted molar refractivity (Wildman–Crippen MR) is 138 cm³/mol. The fraction of sp³-hybridized carbons (Fsp3) is 0.0769. The third kappa shape index (κ3) is 4.19. The number of aromatic nitrogens is 1. The fourth-order valence-corrected chi connectivity index (χ4v) is 6.53. The van der Waals surface area contributed by atoms with Crippen molar-refractivity contribution in [1.29, 1.82) is 0 Å². The van der Waals surface area contributed by atoms with Gasteiger partial charge in [0.05, 0.1) is 12.1 Å². The maximum absolute atomic E-state index is 14.8. The Bertz CT molecular complexity index is 1690. The number of carbonyl (C=O) groups is 1. The van der Waals surface area contributed by atoms with Crippen LogP contribution in [0.15, 0.2) is 94.6 Å². The maximum Gasteiger partial charge on any atom is 0.341 e. The molecule has 7 nitrogen and oxygen atoms in total. The van der Waals surface area contributed by atoms with E-state index in [-0.39, 0.29) is 5.82 Å². The van der Waals surface area contributed by atoms with Crippen LogP contribution in [0.25, 0.3) is 0 Å². The largest absolute Gasteiger partial charge is 0.477 e. The molecule has 0 saturated carbocycles. The molecule has 1 aromatic heterocycles. The Morgan fingerprint density at radius 1 is 0.811 bits per heavy atom. The molecule has 0 saturated heterocycles. The number of halogens is 3. The van der Waals surface area contributed by atoms with Crippen LogP contribution in [0.2, 0.25) is 10.0 Å². The molecule has 2 heterocycles. The van der Waals surface area contributed by atoms with Crippen molar-refractivity contribution in [2.24, 2.45) is 0 Å². The van der Waals surface area contributed by atoms with E-state index in [4.69, 9.17) is 23.2 Å². The molecule has 0 aliphatic carbocycles. The summed E-state index contributed by atoms with van der Waals surface area (Å²) in [6.07, 6.45) is 0. The predicted octanol–water partition coefficient (Wildman–Crippen LogP) is 5.53. The van der Waals surface area contributed by atoms with Crippen molar-refractivity contribution < 1.29 is 22.7 Å². The summed E-state index contributed by atoms with van der Waals surface area (Å²) >= 11 is 12.2. The molecule has 5 rings (SSSR count). The number of carboxylic acid groups (broad SMARTS) is 1. The van der Waals surface area contributed by atoms with E-state index in [0.29, 0.717) is 21.2 Å². The van der Waals surface area contributed by atoms with E-state index in [9.17, 15) is 27.5 Å². The molecule has 0 bridgehead atoms. The van der Waals surface area contributed by atoms with E-state index < -0.39 is 49.9 Å². The van der Waals surface area contributed by atoms with E-state index in [1.807, 2.05) is 0 Å². The first-order chi connectivity index (χ1) is 17.6. The molecular formula is C26H17Cl2FN2O5S. The summed E-state index contributed by atoms with van der Waals surface area (Å²) in [7, 11) is -4.60. The van der Waals surface area contributed by atoms with Gasteiger partial charge in [0.2, 0.25) is 0 Å². The number of hydrogen-bond donors (Lipinski definition) is 1. The van der Waals surface area contributed by atoms with Gasteiger partial charge in [-0.25, -0.2) is 21.9 Å². The lowest BCUT2D eigenvalue weighted by Gasteiger charge is -2.29. The summed E-state index contributed by atoms with van der Waals surface area (Å²) in [6.45, 7) is 0. The molecule has 3 aromatic carbocycles. The molecule has 0 amide bonds. The van der Waals surface area contributed by atoms with Gasteiger partial charge in [0.15, 0.2) is 0 Å². The normalized spacial score (nSPS) is 17.0. The van der Waals surface area contributed by atoms with Crippen molar-refractivity contribution in [3.63, 3.8) is 0 Å². The average molecular weight is 559 g/mol. The number of nitrogens with zero attached hydrogens (tertiary/aromatic N) is 2. The number of sulfonamides is 1. The van der Waals surface area contributed by atoms with Gasteiger partial charge in [-0.05, 0) is 59.7 Å². The SMILES string of the molecule is O=C(O)c1ccc2n(c1=O)C(c1ccc(Cl)cc1)C(c1ccc(Cl)cc1)N2S(=O)(=O)c1ccccc1F. The Kier molecular flexibility index (Phi) is 6.31. The van der Waals surface area contributed by atoms with E-state index in [1.54, 1.807) is 48.5 Å². The third-order valence-electron chi connectivity index (χ3n) is 6.18. The summed E-state index contributed by atoms with van der Waals surface area (Å²) in [5, 5.41) is 10.4. The molecule has 1 aliphatic rings. The number of benzene rings is 3. The first-order valence-electron chi connectivity index (χ1n) is 10.9. The minimum atomic E-state index is -4.60. The molecule has 1 N–H and O–H groups in total. The average Bonchev–Trinajstić information content (AvgIpc) is 3.22. The summed E-state index contributed by atoms with van der Waals surface area (Å²) in [5.41, 5.74) is -0.511. The van der Waals surface area contributed by atoms with Crippen LogP contribution in [0.1, 0.15) is 33.6 Å². The minimum Gasteiger partial charge on any atom is -0.477 e. The van der Waals surface area contributed by atoms with Gasteiger partial charge < -0.3 is 5.11 Å². The van der Waals surface area contributed by atoms with Gasteiger partial charge in [0.1, 0.15) is 22.1 Å². The van der Waals surface area contributed by atoms with E-state index in [2.05, 4.69) is 0 Å². The summed E-state index contributed by atoms with van der Waals surface area (Å²) < 4.78 is 45.0. The Labute approximate surface area is 221 Å². The molecule has 1 aliphatic heterocycles. The van der Waals surface area contributed by atoms with Crippen LogP contribution in [0.5, 0.6) is 0 Å². The summed E-state index contributed by atoms with van der Waals surface area (Å²) in [6, 6.07) is 17.8. The number of rotatable bonds is 5. The lowest BCUT2D eigenvalue weighted by Crippen LogP contribution is -2.34. The highest BCUT2D eigenvalue weighted by molar-refractivity contribution is 7.92. The zero-order valence-corrected chi connectivity index (χ0v) is 21.1. The minimum absolute atomic E-state index is 0.113. The molecule has 4 aromatic rings. The van der Waals surface area contributed by atoms with Crippen LogP contribution in [-0.2, 0) is 10.0 Å². The quantitative estimate of drug-likeness (QED) is 0.347. The summed E-state index contributed by atoms with van der Waals surface area (Å²) in [5.74, 6) is -2.55. The van der Waals surface area contributed by atoms with Crippen molar-refractivity contribution in [3.8, 4) is 0 Å². The van der Waals surface area contributed by atoms with Crippen molar-refractivity contribution in [3.05, 3.63) is 128 Å². The van der Waals surface area contributed by atoms with Gasteiger partial charge in [0, 0.05) is 10.0 Å². The number of anilines is 1. The number of fused-ring (bicyclic) bond motifs is 1. The van der Waals surface area contributed by atoms with Gasteiger partial charge in [-0.15, -0.1) is 0 Å². The molecule has 37 heavy (non-hydrogen) atoms. The number of aromatic carboxylic acids is 1. The van der Waals surface area contributed by atoms with Crippen molar-refractivity contribution in [2.75, 3.05) is 4.31 Å². The highest BCUT2D eigenvalue weighted by atomic mass is 35.5. The Morgan fingerprint density at radius 2 is 1.35 bits per heavy atom. The van der Waals surface area contributed by atoms with Crippen LogP contribution in [0.4, 0.5) is 10.2 Å². The Hall–Kier alpha value is -3.66. The molecule has 0 radical (unpaired) electrons. The Morgan fingerprint density at radius 3 is 1.89 bits per heavy atom. The van der Waals surface area contributed by atoms with Crippen molar-refractivity contribution >= 4 is 45.0 Å². The fourth-order valence-electron chi connectivity index (χ4n) is 4.57.